The molecule has 0 radical (unpaired) electrons. The van der Waals surface area contributed by atoms with Crippen molar-refractivity contribution in [2.75, 3.05) is 0 Å². The molecule has 0 bridgehead atoms. The van der Waals surface area contributed by atoms with Gasteiger partial charge in [0.2, 0.25) is 5.43 Å². The van der Waals surface area contributed by atoms with Crippen LogP contribution in [0, 0.1) is 6.92 Å². The fraction of sp³-hybridized carbons (Fsp3) is 0.304. The van der Waals surface area contributed by atoms with Crippen LogP contribution in [-0.2, 0) is 13.1 Å². The third-order valence-electron chi connectivity index (χ3n) is 5.71. The van der Waals surface area contributed by atoms with Gasteiger partial charge in [0.25, 0.3) is 5.91 Å². The molecule has 5 rings (SSSR count). The van der Waals surface area contributed by atoms with Crippen molar-refractivity contribution in [3.8, 4) is 0 Å². The van der Waals surface area contributed by atoms with Gasteiger partial charge in [0.1, 0.15) is 16.9 Å². The summed E-state index contributed by atoms with van der Waals surface area (Å²) in [5.41, 5.74) is 3.19. The Kier molecular flexibility index (Phi) is 4.38. The van der Waals surface area contributed by atoms with Crippen molar-refractivity contribution < 1.29 is 4.79 Å². The van der Waals surface area contributed by atoms with Crippen LogP contribution in [0.4, 0.5) is 0 Å². The largest absolute Gasteiger partial charge is 0.332 e. The average Bonchev–Trinajstić information content (AvgIpc) is 3.52. The number of aryl methyl sites for hydroxylation is 2. The molecule has 0 spiro atoms. The van der Waals surface area contributed by atoms with E-state index in [1.165, 1.54) is 0 Å². The topological polar surface area (TPSA) is 72.5 Å². The molecular formula is C23H23N5O2. The lowest BCUT2D eigenvalue weighted by atomic mass is 10.1. The van der Waals surface area contributed by atoms with Crippen LogP contribution in [0.15, 0.2) is 53.7 Å². The summed E-state index contributed by atoms with van der Waals surface area (Å²) in [4.78, 5) is 37.5. The van der Waals surface area contributed by atoms with E-state index in [4.69, 9.17) is 0 Å². The molecule has 4 aromatic rings. The number of carbonyl (C=O) groups is 1. The van der Waals surface area contributed by atoms with E-state index in [1.807, 2.05) is 58.2 Å². The Morgan fingerprint density at radius 1 is 1.23 bits per heavy atom. The molecule has 1 saturated carbocycles. The number of imidazole rings is 1. The summed E-state index contributed by atoms with van der Waals surface area (Å²) >= 11 is 0. The maximum absolute atomic E-state index is 13.6. The highest BCUT2D eigenvalue weighted by molar-refractivity contribution is 5.97. The van der Waals surface area contributed by atoms with E-state index in [0.29, 0.717) is 24.1 Å². The van der Waals surface area contributed by atoms with Crippen LogP contribution in [0.3, 0.4) is 0 Å². The van der Waals surface area contributed by atoms with Crippen LogP contribution in [0.5, 0.6) is 0 Å². The van der Waals surface area contributed by atoms with Gasteiger partial charge in [-0.1, -0.05) is 6.07 Å². The number of hydrogen-bond acceptors (Lipinski definition) is 4. The lowest BCUT2D eigenvalue weighted by molar-refractivity contribution is 0.0725. The Labute approximate surface area is 173 Å². The van der Waals surface area contributed by atoms with Crippen molar-refractivity contribution in [1.82, 2.24) is 23.8 Å². The van der Waals surface area contributed by atoms with Gasteiger partial charge in [0, 0.05) is 30.7 Å². The van der Waals surface area contributed by atoms with Crippen LogP contribution in [0.1, 0.15) is 41.5 Å². The third-order valence-corrected chi connectivity index (χ3v) is 5.71. The molecule has 4 aromatic heterocycles. The van der Waals surface area contributed by atoms with Crippen molar-refractivity contribution in [2.45, 2.75) is 45.8 Å². The quantitative estimate of drug-likeness (QED) is 0.515. The van der Waals surface area contributed by atoms with Gasteiger partial charge in [-0.25, -0.2) is 9.97 Å². The molecule has 30 heavy (non-hydrogen) atoms. The van der Waals surface area contributed by atoms with Gasteiger partial charge in [-0.15, -0.1) is 0 Å². The normalized spacial score (nSPS) is 13.8. The van der Waals surface area contributed by atoms with E-state index >= 15 is 0 Å². The first-order valence-electron chi connectivity index (χ1n) is 10.3. The Balaban J connectivity index is 1.58. The van der Waals surface area contributed by atoms with Gasteiger partial charge in [0.05, 0.1) is 23.8 Å². The van der Waals surface area contributed by atoms with Gasteiger partial charge in [-0.3, -0.25) is 9.59 Å². The zero-order valence-corrected chi connectivity index (χ0v) is 17.1. The molecular weight excluding hydrogens is 378 g/mol. The minimum absolute atomic E-state index is 0.160. The Hall–Kier alpha value is -3.48. The fourth-order valence-corrected chi connectivity index (χ4v) is 3.94. The molecule has 4 heterocycles. The molecule has 1 aliphatic rings. The predicted octanol–water partition coefficient (Wildman–Crippen LogP) is 3.18. The van der Waals surface area contributed by atoms with Gasteiger partial charge in [0.15, 0.2) is 0 Å². The molecule has 0 unspecified atom stereocenters. The molecule has 7 nitrogen and oxygen atoms in total. The van der Waals surface area contributed by atoms with E-state index in [2.05, 4.69) is 9.97 Å². The number of pyridine rings is 3. The summed E-state index contributed by atoms with van der Waals surface area (Å²) in [6.07, 6.45) is 7.33. The predicted molar refractivity (Wildman–Crippen MR) is 115 cm³/mol. The van der Waals surface area contributed by atoms with E-state index in [1.54, 1.807) is 18.5 Å². The molecule has 0 N–H and O–H groups in total. The molecule has 1 aliphatic carbocycles. The summed E-state index contributed by atoms with van der Waals surface area (Å²) in [5.74, 6) is -0.224. The zero-order valence-electron chi connectivity index (χ0n) is 17.1. The second kappa shape index (κ2) is 7.09. The van der Waals surface area contributed by atoms with Crippen LogP contribution >= 0.6 is 0 Å². The molecule has 0 atom stereocenters. The number of aromatic nitrogens is 4. The lowest BCUT2D eigenvalue weighted by Crippen LogP contribution is -2.36. The third kappa shape index (κ3) is 3.07. The van der Waals surface area contributed by atoms with Crippen molar-refractivity contribution in [3.05, 3.63) is 76.1 Å². The highest BCUT2D eigenvalue weighted by Crippen LogP contribution is 2.30. The highest BCUT2D eigenvalue weighted by Gasteiger charge is 2.35. The van der Waals surface area contributed by atoms with Gasteiger partial charge in [-0.05, 0) is 51.0 Å². The van der Waals surface area contributed by atoms with Crippen molar-refractivity contribution >= 4 is 22.6 Å². The minimum Gasteiger partial charge on any atom is -0.332 e. The standard InChI is InChI=1S/C23H23N5O2/c1-3-26-14-19(21(29)18-10-7-15(2)25-22(18)26)23(30)28(16-8-9-16)13-17-12-24-20-6-4-5-11-27(17)20/h4-7,10-12,14,16H,3,8-9,13H2,1-2H3. The van der Waals surface area contributed by atoms with Crippen LogP contribution in [-0.4, -0.2) is 35.8 Å². The molecule has 152 valence electrons. The summed E-state index contributed by atoms with van der Waals surface area (Å²) in [6, 6.07) is 9.57. The molecule has 0 aliphatic heterocycles. The first-order valence-corrected chi connectivity index (χ1v) is 10.3. The SMILES string of the molecule is CCn1cc(C(=O)N(Cc2cnc3ccccn23)C2CC2)c(=O)c2ccc(C)nc21. The Morgan fingerprint density at radius 2 is 2.07 bits per heavy atom. The van der Waals surface area contributed by atoms with E-state index < -0.39 is 0 Å². The van der Waals surface area contributed by atoms with Crippen LogP contribution in [0.2, 0.25) is 0 Å². The minimum atomic E-state index is -0.254. The second-order valence-electron chi connectivity index (χ2n) is 7.82. The number of amides is 1. The first kappa shape index (κ1) is 18.5. The number of carbonyl (C=O) groups excluding carboxylic acids is 1. The van der Waals surface area contributed by atoms with Crippen LogP contribution < -0.4 is 5.43 Å². The van der Waals surface area contributed by atoms with Crippen molar-refractivity contribution in [3.63, 3.8) is 0 Å². The number of rotatable bonds is 5. The number of hydrogen-bond donors (Lipinski definition) is 0. The molecule has 7 heteroatoms. The molecule has 1 amide bonds. The maximum atomic E-state index is 13.6. The maximum Gasteiger partial charge on any atom is 0.259 e. The second-order valence-corrected chi connectivity index (χ2v) is 7.82. The van der Waals surface area contributed by atoms with E-state index in [-0.39, 0.29) is 22.9 Å². The zero-order chi connectivity index (χ0) is 20.8. The van der Waals surface area contributed by atoms with E-state index in [0.717, 1.165) is 29.9 Å². The number of fused-ring (bicyclic) bond motifs is 2. The van der Waals surface area contributed by atoms with Gasteiger partial charge in [-0.2, -0.15) is 0 Å². The van der Waals surface area contributed by atoms with Crippen molar-refractivity contribution in [1.29, 1.82) is 0 Å². The lowest BCUT2D eigenvalue weighted by Gasteiger charge is -2.23. The number of nitrogens with zero attached hydrogens (tertiary/aromatic N) is 5. The van der Waals surface area contributed by atoms with Gasteiger partial charge >= 0.3 is 0 Å². The Morgan fingerprint density at radius 3 is 2.83 bits per heavy atom. The van der Waals surface area contributed by atoms with Crippen LogP contribution in [0.25, 0.3) is 16.7 Å². The summed E-state index contributed by atoms with van der Waals surface area (Å²) in [6.45, 7) is 4.93. The average molecular weight is 401 g/mol. The monoisotopic (exact) mass is 401 g/mol. The smallest absolute Gasteiger partial charge is 0.259 e. The summed E-state index contributed by atoms with van der Waals surface area (Å²) < 4.78 is 3.87. The summed E-state index contributed by atoms with van der Waals surface area (Å²) in [7, 11) is 0. The fourth-order valence-electron chi connectivity index (χ4n) is 3.94. The Bertz CT molecular complexity index is 1330. The molecule has 0 aromatic carbocycles. The first-order chi connectivity index (χ1) is 14.6. The summed E-state index contributed by atoms with van der Waals surface area (Å²) in [5, 5.41) is 0.485. The molecule has 0 saturated heterocycles. The highest BCUT2D eigenvalue weighted by atomic mass is 16.2. The molecule has 1 fully saturated rings. The van der Waals surface area contributed by atoms with E-state index in [9.17, 15) is 9.59 Å². The van der Waals surface area contributed by atoms with Gasteiger partial charge < -0.3 is 13.9 Å². The van der Waals surface area contributed by atoms with Crippen molar-refractivity contribution in [2.24, 2.45) is 0 Å².